The van der Waals surface area contributed by atoms with Gasteiger partial charge in [0.15, 0.2) is 0 Å². The normalized spacial score (nSPS) is 26.7. The maximum Gasteiger partial charge on any atom is 0.135 e. The average molecular weight is 672 g/mol. The monoisotopic (exact) mass is 671 g/mol. The van der Waals surface area contributed by atoms with Gasteiger partial charge in [0.25, 0.3) is 0 Å². The minimum atomic E-state index is 0.311. The Bertz CT molecular complexity index is 2600. The van der Waals surface area contributed by atoms with Crippen LogP contribution in [0, 0.1) is 29.6 Å². The van der Waals surface area contributed by atoms with Crippen LogP contribution in [0.3, 0.4) is 0 Å². The van der Waals surface area contributed by atoms with Crippen molar-refractivity contribution >= 4 is 55.3 Å². The number of nitrogens with zero attached hydrogens (tertiary/aromatic N) is 1. The van der Waals surface area contributed by atoms with E-state index in [1.807, 2.05) is 6.07 Å². The molecule has 1 heterocycles. The Balaban J connectivity index is 1.01. The molecule has 0 saturated heterocycles. The molecule has 6 aromatic carbocycles. The van der Waals surface area contributed by atoms with E-state index < -0.39 is 0 Å². The summed E-state index contributed by atoms with van der Waals surface area (Å²) in [6.45, 7) is 0. The number of furan rings is 1. The summed E-state index contributed by atoms with van der Waals surface area (Å²) in [6, 6.07) is 47.3. The van der Waals surface area contributed by atoms with Crippen LogP contribution in [0.5, 0.6) is 0 Å². The van der Waals surface area contributed by atoms with Gasteiger partial charge in [0, 0.05) is 32.9 Å². The lowest BCUT2D eigenvalue weighted by molar-refractivity contribution is -0.0748. The van der Waals surface area contributed by atoms with E-state index in [1.54, 1.807) is 11.1 Å². The zero-order valence-corrected chi connectivity index (χ0v) is 29.3. The SMILES string of the molecule is C1=CCC2C(=C1)c1cc(N(c3ccc(-c4ccc5oc6ccccc6c5c4)cc3)c3cccc4ccccc34)ccc1C21C2CC3CC(C2)CC1C3. The summed E-state index contributed by atoms with van der Waals surface area (Å²) in [4.78, 5) is 2.51. The molecule has 0 N–H and O–H groups in total. The van der Waals surface area contributed by atoms with E-state index >= 15 is 0 Å². The van der Waals surface area contributed by atoms with E-state index in [4.69, 9.17) is 4.42 Å². The highest BCUT2D eigenvalue weighted by Gasteiger charge is 2.64. The fourth-order valence-electron chi connectivity index (χ4n) is 12.3. The van der Waals surface area contributed by atoms with Gasteiger partial charge in [-0.1, -0.05) is 97.1 Å². The van der Waals surface area contributed by atoms with Gasteiger partial charge in [-0.3, -0.25) is 0 Å². The Hall–Kier alpha value is -5.34. The number of benzene rings is 6. The lowest BCUT2D eigenvalue weighted by Crippen LogP contribution is -2.57. The van der Waals surface area contributed by atoms with Crippen LogP contribution in [0.1, 0.15) is 49.7 Å². The van der Waals surface area contributed by atoms with Gasteiger partial charge in [0.1, 0.15) is 11.2 Å². The van der Waals surface area contributed by atoms with E-state index in [0.29, 0.717) is 11.3 Å². The molecule has 6 aliphatic rings. The summed E-state index contributed by atoms with van der Waals surface area (Å²) >= 11 is 0. The molecular weight excluding hydrogens is 631 g/mol. The zero-order valence-electron chi connectivity index (χ0n) is 29.3. The van der Waals surface area contributed by atoms with Crippen LogP contribution in [0.2, 0.25) is 0 Å². The maximum absolute atomic E-state index is 6.14. The Morgan fingerprint density at radius 1 is 0.577 bits per heavy atom. The van der Waals surface area contributed by atoms with E-state index in [0.717, 1.165) is 45.6 Å². The molecule has 0 amide bonds. The number of rotatable bonds is 4. The van der Waals surface area contributed by atoms with Crippen molar-refractivity contribution in [1.29, 1.82) is 0 Å². The lowest BCUT2D eigenvalue weighted by Gasteiger charge is -2.63. The van der Waals surface area contributed by atoms with E-state index in [9.17, 15) is 0 Å². The molecule has 4 bridgehead atoms. The maximum atomic E-state index is 6.14. The van der Waals surface area contributed by atoms with Crippen molar-refractivity contribution in [2.45, 2.75) is 43.9 Å². The fourth-order valence-corrected chi connectivity index (χ4v) is 12.3. The summed E-state index contributed by atoms with van der Waals surface area (Å²) in [5.41, 5.74) is 13.0. The molecule has 13 rings (SSSR count). The first-order chi connectivity index (χ1) is 25.7. The summed E-state index contributed by atoms with van der Waals surface area (Å²) in [6.07, 6.45) is 15.7. The number of allylic oxidation sites excluding steroid dienone is 4. The fraction of sp³-hybridized carbons (Fsp3) is 0.240. The molecule has 4 fully saturated rings. The summed E-state index contributed by atoms with van der Waals surface area (Å²) in [7, 11) is 0. The summed E-state index contributed by atoms with van der Waals surface area (Å²) in [5, 5.41) is 4.85. The average Bonchev–Trinajstić information content (AvgIpc) is 3.70. The van der Waals surface area contributed by atoms with Crippen molar-refractivity contribution < 1.29 is 4.42 Å². The largest absolute Gasteiger partial charge is 0.456 e. The quantitative estimate of drug-likeness (QED) is 0.185. The Morgan fingerprint density at radius 3 is 2.13 bits per heavy atom. The molecule has 6 aliphatic carbocycles. The first kappa shape index (κ1) is 29.3. The van der Waals surface area contributed by atoms with E-state index in [2.05, 4.69) is 144 Å². The van der Waals surface area contributed by atoms with Crippen molar-refractivity contribution in [2.24, 2.45) is 29.6 Å². The predicted molar refractivity (Wildman–Crippen MR) is 215 cm³/mol. The third-order valence-corrected chi connectivity index (χ3v) is 14.1. The molecule has 0 radical (unpaired) electrons. The second kappa shape index (κ2) is 10.8. The standard InChI is InChI=1S/C50H41NO/c1-2-10-40-34(8-1)9-7-14-47(40)51(38-19-16-33(17-20-38)35-18-23-49-44(29-35)42-12-4-6-15-48(42)52-49)39-21-22-46-43(30-39)41-11-3-5-13-45(41)50(46)36-25-31-24-32(27-36)28-37(50)26-31/h1-12,14-23,29-32,36-37,45H,13,24-28H2. The Kier molecular flexibility index (Phi) is 6.10. The number of anilines is 3. The van der Waals surface area contributed by atoms with Crippen LogP contribution in [-0.4, -0.2) is 0 Å². The minimum Gasteiger partial charge on any atom is -0.456 e. The van der Waals surface area contributed by atoms with Crippen LogP contribution in [-0.2, 0) is 5.41 Å². The highest BCUT2D eigenvalue weighted by Crippen LogP contribution is 2.71. The molecule has 1 atom stereocenters. The molecule has 252 valence electrons. The van der Waals surface area contributed by atoms with Crippen LogP contribution >= 0.6 is 0 Å². The molecule has 4 saturated carbocycles. The van der Waals surface area contributed by atoms with Gasteiger partial charge in [0.2, 0.25) is 0 Å². The van der Waals surface area contributed by atoms with Crippen molar-refractivity contribution in [3.05, 3.63) is 157 Å². The first-order valence-corrected chi connectivity index (χ1v) is 19.5. The third-order valence-electron chi connectivity index (χ3n) is 14.1. The second-order valence-corrected chi connectivity index (χ2v) is 16.5. The van der Waals surface area contributed by atoms with Crippen molar-refractivity contribution in [3.8, 4) is 11.1 Å². The lowest BCUT2D eigenvalue weighted by atomic mass is 9.41. The highest BCUT2D eigenvalue weighted by molar-refractivity contribution is 6.06. The van der Waals surface area contributed by atoms with Gasteiger partial charge in [0.05, 0.1) is 5.69 Å². The highest BCUT2D eigenvalue weighted by atomic mass is 16.3. The van der Waals surface area contributed by atoms with Crippen LogP contribution in [0.25, 0.3) is 49.4 Å². The second-order valence-electron chi connectivity index (χ2n) is 16.5. The molecule has 1 unspecified atom stereocenters. The summed E-state index contributed by atoms with van der Waals surface area (Å²) in [5.74, 6) is 4.21. The first-order valence-electron chi connectivity index (χ1n) is 19.5. The van der Waals surface area contributed by atoms with Gasteiger partial charge in [-0.05, 0) is 150 Å². The predicted octanol–water partition coefficient (Wildman–Crippen LogP) is 13.5. The number of hydrogen-bond acceptors (Lipinski definition) is 2. The van der Waals surface area contributed by atoms with E-state index in [1.165, 1.54) is 83.0 Å². The summed E-state index contributed by atoms with van der Waals surface area (Å²) < 4.78 is 6.14. The topological polar surface area (TPSA) is 16.4 Å². The number of hydrogen-bond donors (Lipinski definition) is 0. The molecule has 1 spiro atoms. The van der Waals surface area contributed by atoms with Gasteiger partial charge >= 0.3 is 0 Å². The van der Waals surface area contributed by atoms with Crippen LogP contribution in [0.15, 0.2) is 150 Å². The van der Waals surface area contributed by atoms with Crippen molar-refractivity contribution in [1.82, 2.24) is 0 Å². The molecule has 7 aromatic rings. The van der Waals surface area contributed by atoms with Gasteiger partial charge in [-0.25, -0.2) is 0 Å². The van der Waals surface area contributed by atoms with Crippen molar-refractivity contribution in [3.63, 3.8) is 0 Å². The van der Waals surface area contributed by atoms with Crippen molar-refractivity contribution in [2.75, 3.05) is 4.90 Å². The Labute approximate surface area is 305 Å². The van der Waals surface area contributed by atoms with Crippen LogP contribution < -0.4 is 4.90 Å². The molecular formula is C50H41NO. The van der Waals surface area contributed by atoms with Gasteiger partial charge in [-0.2, -0.15) is 0 Å². The molecule has 52 heavy (non-hydrogen) atoms. The van der Waals surface area contributed by atoms with Crippen LogP contribution in [0.4, 0.5) is 17.1 Å². The van der Waals surface area contributed by atoms with Gasteiger partial charge in [-0.15, -0.1) is 0 Å². The zero-order chi connectivity index (χ0) is 34.0. The molecule has 0 aliphatic heterocycles. The number of para-hydroxylation sites is 1. The minimum absolute atomic E-state index is 0.311. The number of fused-ring (bicyclic) bond motifs is 7. The molecule has 2 nitrogen and oxygen atoms in total. The third kappa shape index (κ3) is 4.01. The Morgan fingerprint density at radius 2 is 1.29 bits per heavy atom. The van der Waals surface area contributed by atoms with E-state index in [-0.39, 0.29) is 0 Å². The molecule has 2 heteroatoms. The van der Waals surface area contributed by atoms with Gasteiger partial charge < -0.3 is 9.32 Å². The molecule has 1 aromatic heterocycles. The smallest absolute Gasteiger partial charge is 0.135 e.